The van der Waals surface area contributed by atoms with Crippen molar-refractivity contribution >= 4 is 17.2 Å². The lowest BCUT2D eigenvalue weighted by molar-refractivity contribution is -0.0761. The minimum Gasteiger partial charge on any atom is -0.479 e. The van der Waals surface area contributed by atoms with Gasteiger partial charge in [-0.15, -0.1) is 5.10 Å². The highest BCUT2D eigenvalue weighted by molar-refractivity contribution is 5.84. The van der Waals surface area contributed by atoms with Crippen molar-refractivity contribution in [3.8, 4) is 17.0 Å². The molecule has 1 atom stereocenters. The van der Waals surface area contributed by atoms with Crippen molar-refractivity contribution in [2.75, 3.05) is 25.5 Å². The largest absolute Gasteiger partial charge is 0.479 e. The van der Waals surface area contributed by atoms with Crippen LogP contribution < -0.4 is 10.1 Å². The molecule has 4 aromatic rings. The Kier molecular flexibility index (Phi) is 4.29. The van der Waals surface area contributed by atoms with E-state index in [1.54, 1.807) is 23.1 Å². The monoisotopic (exact) mass is 440 g/mol. The zero-order valence-electron chi connectivity index (χ0n) is 17.4. The third-order valence-electron chi connectivity index (χ3n) is 6.22. The summed E-state index contributed by atoms with van der Waals surface area (Å²) in [5.41, 5.74) is 2.29. The molecular weight excluding hydrogens is 418 g/mol. The molecule has 1 aliphatic heterocycles. The highest BCUT2D eigenvalue weighted by Crippen LogP contribution is 2.37. The molecule has 1 aliphatic carbocycles. The molecule has 0 radical (unpaired) electrons. The normalized spacial score (nSPS) is 21.3. The van der Waals surface area contributed by atoms with Gasteiger partial charge >= 0.3 is 0 Å². The smallest absolute Gasteiger partial charge is 0.280 e. The predicted molar refractivity (Wildman–Crippen MR) is 113 cm³/mol. The molecule has 1 saturated carbocycles. The second kappa shape index (κ2) is 7.09. The van der Waals surface area contributed by atoms with Gasteiger partial charge in [0.15, 0.2) is 0 Å². The van der Waals surface area contributed by atoms with Crippen molar-refractivity contribution in [2.24, 2.45) is 0 Å². The summed E-state index contributed by atoms with van der Waals surface area (Å²) >= 11 is 0. The Labute approximate surface area is 182 Å². The third kappa shape index (κ3) is 3.24. The SMILES string of the molecule is COc1nc(NC2CCN(C3CC3)CC2(F)F)nn2ccc(-c3cnc4nccn4c3)c12. The van der Waals surface area contributed by atoms with Crippen LogP contribution in [-0.2, 0) is 0 Å². The van der Waals surface area contributed by atoms with Gasteiger partial charge in [-0.25, -0.2) is 23.3 Å². The van der Waals surface area contributed by atoms with Gasteiger partial charge < -0.3 is 10.1 Å². The summed E-state index contributed by atoms with van der Waals surface area (Å²) in [6, 6.07) is 1.17. The van der Waals surface area contributed by atoms with Crippen molar-refractivity contribution in [1.29, 1.82) is 0 Å². The lowest BCUT2D eigenvalue weighted by atomic mass is 10.0. The highest BCUT2D eigenvalue weighted by Gasteiger charge is 2.48. The first-order chi connectivity index (χ1) is 15.5. The number of methoxy groups -OCH3 is 1. The first kappa shape index (κ1) is 19.4. The van der Waals surface area contributed by atoms with Crippen molar-refractivity contribution in [3.05, 3.63) is 37.1 Å². The number of hydrogen-bond donors (Lipinski definition) is 1. The standard InChI is InChI=1S/C21H22F2N8O/c1-32-18-17-15(13-10-25-20-24-6-9-29(20)11-13)4-8-31(17)28-19(27-18)26-16-5-7-30(14-2-3-14)12-21(16,22)23/h4,6,8-11,14,16H,2-3,5,7,12H2,1H3,(H,26,28). The Morgan fingerprint density at radius 1 is 1.19 bits per heavy atom. The summed E-state index contributed by atoms with van der Waals surface area (Å²) < 4.78 is 38.5. The maximum atomic E-state index is 14.8. The Morgan fingerprint density at radius 3 is 2.84 bits per heavy atom. The fraction of sp³-hybridized carbons (Fsp3) is 0.429. The Hall–Kier alpha value is -3.34. The van der Waals surface area contributed by atoms with Gasteiger partial charge in [0.1, 0.15) is 5.52 Å². The molecule has 0 spiro atoms. The number of halogens is 2. The van der Waals surface area contributed by atoms with E-state index in [0.29, 0.717) is 36.2 Å². The molecule has 5 heterocycles. The Bertz CT molecular complexity index is 1300. The maximum absolute atomic E-state index is 14.8. The summed E-state index contributed by atoms with van der Waals surface area (Å²) in [5.74, 6) is -1.85. The van der Waals surface area contributed by atoms with Crippen LogP contribution in [0, 0.1) is 0 Å². The second-order valence-corrected chi connectivity index (χ2v) is 8.39. The number of imidazole rings is 1. The van der Waals surface area contributed by atoms with Crippen LogP contribution in [0.4, 0.5) is 14.7 Å². The lowest BCUT2D eigenvalue weighted by Gasteiger charge is -2.38. The van der Waals surface area contributed by atoms with E-state index in [-0.39, 0.29) is 12.5 Å². The van der Waals surface area contributed by atoms with Gasteiger partial charge in [-0.1, -0.05) is 0 Å². The zero-order chi connectivity index (χ0) is 21.9. The summed E-state index contributed by atoms with van der Waals surface area (Å²) in [7, 11) is 1.50. The summed E-state index contributed by atoms with van der Waals surface area (Å²) in [4.78, 5) is 14.8. The van der Waals surface area contributed by atoms with Gasteiger partial charge in [-0.3, -0.25) is 9.30 Å². The van der Waals surface area contributed by atoms with Crippen LogP contribution in [0.5, 0.6) is 5.88 Å². The fourth-order valence-corrected chi connectivity index (χ4v) is 4.44. The number of alkyl halides is 2. The summed E-state index contributed by atoms with van der Waals surface area (Å²) in [5, 5.41) is 7.30. The van der Waals surface area contributed by atoms with E-state index in [9.17, 15) is 8.78 Å². The van der Waals surface area contributed by atoms with E-state index in [4.69, 9.17) is 4.74 Å². The van der Waals surface area contributed by atoms with Gasteiger partial charge in [0, 0.05) is 54.7 Å². The van der Waals surface area contributed by atoms with Crippen LogP contribution in [0.15, 0.2) is 37.1 Å². The Morgan fingerprint density at radius 2 is 2.06 bits per heavy atom. The van der Waals surface area contributed by atoms with Gasteiger partial charge in [0.2, 0.25) is 17.6 Å². The number of aromatic nitrogens is 6. The van der Waals surface area contributed by atoms with Crippen LogP contribution >= 0.6 is 0 Å². The number of fused-ring (bicyclic) bond motifs is 2. The van der Waals surface area contributed by atoms with Gasteiger partial charge in [0.25, 0.3) is 5.92 Å². The van der Waals surface area contributed by atoms with E-state index in [2.05, 4.69) is 25.4 Å². The molecule has 1 unspecified atom stereocenters. The predicted octanol–water partition coefficient (Wildman–Crippen LogP) is 2.73. The van der Waals surface area contributed by atoms with Crippen LogP contribution in [0.2, 0.25) is 0 Å². The van der Waals surface area contributed by atoms with Crippen molar-refractivity contribution in [2.45, 2.75) is 37.3 Å². The van der Waals surface area contributed by atoms with E-state index in [0.717, 1.165) is 24.0 Å². The third-order valence-corrected chi connectivity index (χ3v) is 6.22. The van der Waals surface area contributed by atoms with Crippen LogP contribution in [-0.4, -0.2) is 72.1 Å². The molecule has 2 fully saturated rings. The van der Waals surface area contributed by atoms with E-state index in [1.807, 2.05) is 27.8 Å². The quantitative estimate of drug-likeness (QED) is 0.511. The molecule has 1 N–H and O–H groups in total. The first-order valence-electron chi connectivity index (χ1n) is 10.6. The van der Waals surface area contributed by atoms with Gasteiger partial charge in [-0.05, 0) is 25.3 Å². The van der Waals surface area contributed by atoms with Crippen molar-refractivity contribution < 1.29 is 13.5 Å². The van der Waals surface area contributed by atoms with Crippen molar-refractivity contribution in [1.82, 2.24) is 33.9 Å². The number of ether oxygens (including phenoxy) is 1. The molecular formula is C21H22F2N8O. The Balaban J connectivity index is 1.32. The molecule has 0 bridgehead atoms. The number of hydrogen-bond acceptors (Lipinski definition) is 7. The molecule has 0 aromatic carbocycles. The number of nitrogens with one attached hydrogen (secondary N) is 1. The molecule has 2 aliphatic rings. The molecule has 32 heavy (non-hydrogen) atoms. The number of nitrogens with zero attached hydrogens (tertiary/aromatic N) is 7. The van der Waals surface area contributed by atoms with Crippen LogP contribution in [0.25, 0.3) is 22.4 Å². The number of anilines is 1. The fourth-order valence-electron chi connectivity index (χ4n) is 4.44. The van der Waals surface area contributed by atoms with Gasteiger partial charge in [0.05, 0.1) is 19.7 Å². The van der Waals surface area contributed by atoms with Crippen molar-refractivity contribution in [3.63, 3.8) is 0 Å². The molecule has 4 aromatic heterocycles. The highest BCUT2D eigenvalue weighted by atomic mass is 19.3. The summed E-state index contributed by atoms with van der Waals surface area (Å²) in [6.07, 6.45) is 11.2. The number of rotatable bonds is 5. The average Bonchev–Trinajstić information content (AvgIpc) is 3.37. The first-order valence-corrected chi connectivity index (χ1v) is 10.6. The molecule has 166 valence electrons. The lowest BCUT2D eigenvalue weighted by Crippen LogP contribution is -2.55. The molecule has 1 saturated heterocycles. The zero-order valence-corrected chi connectivity index (χ0v) is 17.4. The van der Waals surface area contributed by atoms with Crippen LogP contribution in [0.3, 0.4) is 0 Å². The minimum absolute atomic E-state index is 0.115. The molecule has 11 heteroatoms. The number of likely N-dealkylation sites (tertiary alicyclic amines) is 1. The molecule has 9 nitrogen and oxygen atoms in total. The maximum Gasteiger partial charge on any atom is 0.280 e. The molecule has 6 rings (SSSR count). The number of piperidine rings is 1. The summed E-state index contributed by atoms with van der Waals surface area (Å²) in [6.45, 7) is 0.417. The minimum atomic E-state index is -2.86. The molecule has 0 amide bonds. The van der Waals surface area contributed by atoms with E-state index >= 15 is 0 Å². The topological polar surface area (TPSA) is 84.9 Å². The van der Waals surface area contributed by atoms with Crippen LogP contribution in [0.1, 0.15) is 19.3 Å². The average molecular weight is 440 g/mol. The second-order valence-electron chi connectivity index (χ2n) is 8.39. The van der Waals surface area contributed by atoms with E-state index in [1.165, 1.54) is 7.11 Å². The van der Waals surface area contributed by atoms with E-state index < -0.39 is 12.0 Å². The van der Waals surface area contributed by atoms with Gasteiger partial charge in [-0.2, -0.15) is 4.98 Å².